The largest absolute Gasteiger partial charge is 0.494 e. The van der Waals surface area contributed by atoms with Crippen molar-refractivity contribution in [3.05, 3.63) is 53.8 Å². The Bertz CT molecular complexity index is 993. The number of halogens is 2. The molecular formula is C24H31ClFN3O2S. The van der Waals surface area contributed by atoms with Crippen molar-refractivity contribution < 1.29 is 13.9 Å². The molecule has 0 aliphatic rings. The van der Waals surface area contributed by atoms with Crippen LogP contribution in [0.1, 0.15) is 44.0 Å². The van der Waals surface area contributed by atoms with Gasteiger partial charge in [-0.15, -0.1) is 12.4 Å². The smallest absolute Gasteiger partial charge is 0.260 e. The fourth-order valence-electron chi connectivity index (χ4n) is 3.27. The maximum atomic E-state index is 14.2. The lowest BCUT2D eigenvalue weighted by atomic mass is 10.2. The summed E-state index contributed by atoms with van der Waals surface area (Å²) < 4.78 is 20.6. The number of rotatable bonds is 11. The fourth-order valence-corrected chi connectivity index (χ4v) is 4.27. The van der Waals surface area contributed by atoms with Gasteiger partial charge in [0.05, 0.1) is 11.3 Å². The van der Waals surface area contributed by atoms with Gasteiger partial charge in [0.25, 0.3) is 5.91 Å². The van der Waals surface area contributed by atoms with Crippen LogP contribution in [0.2, 0.25) is 0 Å². The van der Waals surface area contributed by atoms with Crippen molar-refractivity contribution in [2.45, 2.75) is 33.6 Å². The van der Waals surface area contributed by atoms with Gasteiger partial charge in [-0.25, -0.2) is 9.37 Å². The number of hydrogen-bond donors (Lipinski definition) is 0. The summed E-state index contributed by atoms with van der Waals surface area (Å²) in [5.41, 5.74) is 0.866. The van der Waals surface area contributed by atoms with E-state index < -0.39 is 0 Å². The number of fused-ring (bicyclic) bond motifs is 1. The molecular weight excluding hydrogens is 449 g/mol. The lowest BCUT2D eigenvalue weighted by Crippen LogP contribution is -2.38. The topological polar surface area (TPSA) is 45.7 Å². The van der Waals surface area contributed by atoms with Gasteiger partial charge in [0.2, 0.25) is 0 Å². The van der Waals surface area contributed by atoms with E-state index in [1.165, 1.54) is 17.4 Å². The van der Waals surface area contributed by atoms with Gasteiger partial charge in [-0.2, -0.15) is 0 Å². The average Bonchev–Trinajstić information content (AvgIpc) is 3.22. The third-order valence-corrected chi connectivity index (χ3v) is 6.28. The van der Waals surface area contributed by atoms with Crippen molar-refractivity contribution in [2.75, 3.05) is 37.7 Å². The molecule has 0 aliphatic carbocycles. The summed E-state index contributed by atoms with van der Waals surface area (Å²) >= 11 is 1.34. The summed E-state index contributed by atoms with van der Waals surface area (Å²) in [5, 5.41) is 0.514. The van der Waals surface area contributed by atoms with Crippen LogP contribution in [0.15, 0.2) is 42.5 Å². The molecule has 1 heterocycles. The molecule has 3 aromatic rings. The SMILES string of the molecule is CCCCOc1ccc(C(=O)N(CCN(CC)CC)c2nc3c(F)cccc3s2)cc1.Cl. The Morgan fingerprint density at radius 1 is 1.06 bits per heavy atom. The fraction of sp³-hybridized carbons (Fsp3) is 0.417. The summed E-state index contributed by atoms with van der Waals surface area (Å²) in [6.45, 7) is 9.97. The molecule has 1 amide bonds. The molecule has 32 heavy (non-hydrogen) atoms. The molecule has 8 heteroatoms. The van der Waals surface area contributed by atoms with Crippen LogP contribution in [0.3, 0.4) is 0 Å². The number of thiazole rings is 1. The van der Waals surface area contributed by atoms with Gasteiger partial charge in [0.1, 0.15) is 17.1 Å². The van der Waals surface area contributed by atoms with E-state index in [0.29, 0.717) is 29.4 Å². The number of amides is 1. The van der Waals surface area contributed by atoms with Crippen molar-refractivity contribution in [3.8, 4) is 5.75 Å². The normalized spacial score (nSPS) is 10.9. The molecule has 0 aliphatic heterocycles. The van der Waals surface area contributed by atoms with Crippen molar-refractivity contribution in [1.82, 2.24) is 9.88 Å². The third kappa shape index (κ3) is 6.40. The van der Waals surface area contributed by atoms with Crippen molar-refractivity contribution in [1.29, 1.82) is 0 Å². The van der Waals surface area contributed by atoms with Gasteiger partial charge < -0.3 is 9.64 Å². The predicted molar refractivity (Wildman–Crippen MR) is 133 cm³/mol. The van der Waals surface area contributed by atoms with Crippen LogP contribution >= 0.6 is 23.7 Å². The van der Waals surface area contributed by atoms with Crippen molar-refractivity contribution in [3.63, 3.8) is 0 Å². The van der Waals surface area contributed by atoms with E-state index in [1.807, 2.05) is 18.2 Å². The van der Waals surface area contributed by atoms with E-state index in [2.05, 4.69) is 30.7 Å². The number of para-hydroxylation sites is 1. The molecule has 0 bridgehead atoms. The van der Waals surface area contributed by atoms with Crippen LogP contribution in [-0.4, -0.2) is 48.6 Å². The van der Waals surface area contributed by atoms with E-state index in [-0.39, 0.29) is 24.1 Å². The Kier molecular flexibility index (Phi) is 10.4. The summed E-state index contributed by atoms with van der Waals surface area (Å²) in [5.74, 6) is 0.234. The number of ether oxygens (including phenoxy) is 1. The van der Waals surface area contributed by atoms with Crippen molar-refractivity contribution >= 4 is 45.0 Å². The average molecular weight is 480 g/mol. The van der Waals surface area contributed by atoms with Crippen LogP contribution in [0.25, 0.3) is 10.2 Å². The number of unbranched alkanes of at least 4 members (excludes halogenated alkanes) is 1. The van der Waals surface area contributed by atoms with E-state index in [1.54, 1.807) is 23.1 Å². The minimum atomic E-state index is -0.371. The number of nitrogens with zero attached hydrogens (tertiary/aromatic N) is 3. The lowest BCUT2D eigenvalue weighted by molar-refractivity contribution is 0.0983. The summed E-state index contributed by atoms with van der Waals surface area (Å²) in [6.07, 6.45) is 2.06. The summed E-state index contributed by atoms with van der Waals surface area (Å²) in [4.78, 5) is 21.8. The number of aromatic nitrogens is 1. The first-order chi connectivity index (χ1) is 15.1. The van der Waals surface area contributed by atoms with Gasteiger partial charge in [0.15, 0.2) is 5.13 Å². The molecule has 0 fully saturated rings. The van der Waals surface area contributed by atoms with Gasteiger partial charge in [0, 0.05) is 18.7 Å². The second-order valence-electron chi connectivity index (χ2n) is 7.29. The highest BCUT2D eigenvalue weighted by atomic mass is 35.5. The molecule has 0 atom stereocenters. The van der Waals surface area contributed by atoms with Gasteiger partial charge in [-0.3, -0.25) is 9.69 Å². The molecule has 0 spiro atoms. The second kappa shape index (κ2) is 12.7. The van der Waals surface area contributed by atoms with Crippen molar-refractivity contribution in [2.24, 2.45) is 0 Å². The third-order valence-electron chi connectivity index (χ3n) is 5.24. The van der Waals surface area contributed by atoms with E-state index in [0.717, 1.165) is 42.9 Å². The molecule has 1 aromatic heterocycles. The first kappa shape index (κ1) is 26.0. The first-order valence-corrected chi connectivity index (χ1v) is 11.7. The van der Waals surface area contributed by atoms with Crippen LogP contribution in [0.5, 0.6) is 5.75 Å². The second-order valence-corrected chi connectivity index (χ2v) is 8.30. The molecule has 3 rings (SSSR count). The monoisotopic (exact) mass is 479 g/mol. The van der Waals surface area contributed by atoms with Crippen LogP contribution in [-0.2, 0) is 0 Å². The molecule has 0 unspecified atom stereocenters. The Labute approximate surface area is 199 Å². The zero-order valence-electron chi connectivity index (χ0n) is 18.8. The van der Waals surface area contributed by atoms with Gasteiger partial charge in [-0.05, 0) is 55.9 Å². The molecule has 0 N–H and O–H groups in total. The first-order valence-electron chi connectivity index (χ1n) is 10.9. The highest BCUT2D eigenvalue weighted by Crippen LogP contribution is 2.31. The summed E-state index contributed by atoms with van der Waals surface area (Å²) in [6, 6.07) is 12.1. The summed E-state index contributed by atoms with van der Waals surface area (Å²) in [7, 11) is 0. The number of likely N-dealkylation sites (N-methyl/N-ethyl adjacent to an activating group) is 1. The molecule has 0 radical (unpaired) electrons. The number of benzene rings is 2. The Balaban J connectivity index is 0.00000363. The molecule has 2 aromatic carbocycles. The highest BCUT2D eigenvalue weighted by Gasteiger charge is 2.22. The van der Waals surface area contributed by atoms with E-state index in [9.17, 15) is 9.18 Å². The maximum Gasteiger partial charge on any atom is 0.260 e. The number of carbonyl (C=O) groups is 1. The molecule has 174 valence electrons. The zero-order chi connectivity index (χ0) is 22.2. The number of anilines is 1. The number of hydrogen-bond acceptors (Lipinski definition) is 5. The number of carbonyl (C=O) groups excluding carboxylic acids is 1. The standard InChI is InChI=1S/C24H30FN3O2S.ClH/c1-4-7-17-30-19-13-11-18(12-14-19)23(29)28(16-15-27(5-2)6-3)24-26-22-20(25)9-8-10-21(22)31-24;/h8-14H,4-7,15-17H2,1-3H3;1H. The predicted octanol–water partition coefficient (Wildman–Crippen LogP) is 6.02. The minimum Gasteiger partial charge on any atom is -0.494 e. The van der Waals surface area contributed by atoms with Crippen LogP contribution in [0, 0.1) is 5.82 Å². The minimum absolute atomic E-state index is 0. The zero-order valence-corrected chi connectivity index (χ0v) is 20.5. The van der Waals surface area contributed by atoms with E-state index >= 15 is 0 Å². The van der Waals surface area contributed by atoms with E-state index in [4.69, 9.17) is 4.74 Å². The quantitative estimate of drug-likeness (QED) is 0.315. The Hall–Kier alpha value is -2.22. The molecule has 0 saturated heterocycles. The Morgan fingerprint density at radius 3 is 2.41 bits per heavy atom. The molecule has 5 nitrogen and oxygen atoms in total. The van der Waals surface area contributed by atoms with Gasteiger partial charge >= 0.3 is 0 Å². The Morgan fingerprint density at radius 2 is 1.78 bits per heavy atom. The van der Waals surface area contributed by atoms with Gasteiger partial charge in [-0.1, -0.05) is 44.6 Å². The maximum absolute atomic E-state index is 14.2. The van der Waals surface area contributed by atoms with Crippen LogP contribution < -0.4 is 9.64 Å². The molecule has 0 saturated carbocycles. The highest BCUT2D eigenvalue weighted by molar-refractivity contribution is 7.22. The lowest BCUT2D eigenvalue weighted by Gasteiger charge is -2.24. The van der Waals surface area contributed by atoms with Crippen LogP contribution in [0.4, 0.5) is 9.52 Å².